The van der Waals surface area contributed by atoms with Crippen LogP contribution in [0.25, 0.3) is 0 Å². The van der Waals surface area contributed by atoms with Gasteiger partial charge >= 0.3 is 17.9 Å². The number of unbranched alkanes of at least 4 members (excludes halogenated alkanes) is 36. The van der Waals surface area contributed by atoms with Gasteiger partial charge < -0.3 is 14.2 Å². The van der Waals surface area contributed by atoms with Crippen molar-refractivity contribution in [2.45, 2.75) is 341 Å². The summed E-state index contributed by atoms with van der Waals surface area (Å²) in [5.41, 5.74) is 0. The summed E-state index contributed by atoms with van der Waals surface area (Å²) in [5.74, 6) is -0.894. The molecule has 0 heterocycles. The lowest BCUT2D eigenvalue weighted by Gasteiger charge is -2.18. The summed E-state index contributed by atoms with van der Waals surface area (Å²) in [4.78, 5) is 38.4. The minimum Gasteiger partial charge on any atom is -0.462 e. The largest absolute Gasteiger partial charge is 0.462 e. The van der Waals surface area contributed by atoms with Crippen LogP contribution in [-0.2, 0) is 28.6 Å². The number of rotatable bonds is 61. The Kier molecular flexibility index (Phi) is 63.2. The quantitative estimate of drug-likeness (QED) is 0.0261. The highest BCUT2D eigenvalue weighted by atomic mass is 16.6. The van der Waals surface area contributed by atoms with E-state index < -0.39 is 6.10 Å². The molecule has 0 aliphatic heterocycles. The summed E-state index contributed by atoms with van der Waals surface area (Å²) in [6.07, 6.45) is 87.3. The van der Waals surface area contributed by atoms with Gasteiger partial charge in [0, 0.05) is 19.3 Å². The number of carbonyl (C=O) groups is 3. The number of carbonyl (C=O) groups excluding carboxylic acids is 3. The topological polar surface area (TPSA) is 78.9 Å². The molecule has 1 atom stereocenters. The van der Waals surface area contributed by atoms with Crippen LogP contribution in [0.4, 0.5) is 0 Å². The van der Waals surface area contributed by atoms with Gasteiger partial charge in [-0.2, -0.15) is 0 Å². The Labute approximate surface area is 484 Å². The normalized spacial score (nSPS) is 12.6. The van der Waals surface area contributed by atoms with E-state index in [4.69, 9.17) is 14.2 Å². The molecule has 0 spiro atoms. The molecular weight excluding hydrogens is 961 g/mol. The highest BCUT2D eigenvalue weighted by Crippen LogP contribution is 2.16. The monoisotopic (exact) mass is 1090 g/mol. The highest BCUT2D eigenvalue weighted by molar-refractivity contribution is 5.71. The molecule has 6 heteroatoms. The van der Waals surface area contributed by atoms with Crippen LogP contribution >= 0.6 is 0 Å². The van der Waals surface area contributed by atoms with Crippen LogP contribution in [0.2, 0.25) is 0 Å². The van der Waals surface area contributed by atoms with Crippen molar-refractivity contribution in [2.75, 3.05) is 13.2 Å². The molecule has 0 aliphatic rings. The molecule has 0 aliphatic carbocycles. The molecule has 0 aromatic rings. The molecule has 0 saturated carbocycles. The molecule has 1 unspecified atom stereocenters. The van der Waals surface area contributed by atoms with Crippen molar-refractivity contribution >= 4 is 17.9 Å². The van der Waals surface area contributed by atoms with E-state index >= 15 is 0 Å². The zero-order chi connectivity index (χ0) is 56.4. The maximum atomic E-state index is 12.9. The Bertz CT molecular complexity index is 1480. The van der Waals surface area contributed by atoms with Crippen LogP contribution in [0.3, 0.4) is 0 Å². The Morgan fingerprint density at radius 1 is 0.256 bits per heavy atom. The summed E-state index contributed by atoms with van der Waals surface area (Å²) >= 11 is 0. The summed E-state index contributed by atoms with van der Waals surface area (Å²) < 4.78 is 16.9. The molecule has 0 N–H and O–H groups in total. The van der Waals surface area contributed by atoms with Crippen molar-refractivity contribution in [3.05, 3.63) is 85.1 Å². The van der Waals surface area contributed by atoms with Crippen LogP contribution in [0.5, 0.6) is 0 Å². The van der Waals surface area contributed by atoms with Gasteiger partial charge in [-0.05, 0) is 122 Å². The molecule has 0 radical (unpaired) electrons. The van der Waals surface area contributed by atoms with Crippen LogP contribution in [0, 0.1) is 0 Å². The van der Waals surface area contributed by atoms with Gasteiger partial charge in [0.05, 0.1) is 0 Å². The minimum atomic E-state index is -0.789. The fourth-order valence-electron chi connectivity index (χ4n) is 9.51. The fraction of sp³-hybridized carbons (Fsp3) is 0.764. The first-order chi connectivity index (χ1) is 38.5. The average Bonchev–Trinajstić information content (AvgIpc) is 3.44. The third-order valence-electron chi connectivity index (χ3n) is 14.6. The summed E-state index contributed by atoms with van der Waals surface area (Å²) in [7, 11) is 0. The molecule has 0 aromatic heterocycles. The number of hydrogen-bond donors (Lipinski definition) is 0. The third-order valence-corrected chi connectivity index (χ3v) is 14.6. The Hall–Kier alpha value is -3.41. The van der Waals surface area contributed by atoms with E-state index in [1.807, 2.05) is 0 Å². The lowest BCUT2D eigenvalue weighted by Crippen LogP contribution is -2.30. The van der Waals surface area contributed by atoms with Gasteiger partial charge in [0.15, 0.2) is 6.10 Å². The molecular formula is C72H126O6. The molecule has 6 nitrogen and oxygen atoms in total. The molecule has 0 bridgehead atoms. The van der Waals surface area contributed by atoms with Gasteiger partial charge in [-0.15, -0.1) is 0 Å². The predicted octanol–water partition coefficient (Wildman–Crippen LogP) is 23.1. The minimum absolute atomic E-state index is 0.0841. The van der Waals surface area contributed by atoms with Crippen molar-refractivity contribution in [1.82, 2.24) is 0 Å². The first kappa shape index (κ1) is 74.6. The standard InChI is InChI=1S/C72H126O6/c1-4-7-10-13-16-19-22-25-28-30-32-33-34-35-36-37-38-39-40-42-44-47-50-53-56-59-62-65-71(74)77-68-69(67-76-70(73)64-61-58-55-52-49-46-43-27-24-21-18-15-12-9-6-3)78-72(75)66-63-60-57-54-51-48-45-41-31-29-26-23-20-17-14-11-8-5-2/h18,20-23,25,27,29-32,34-35,43,69H,4-17,19,24,26,28,33,36-42,44-68H2,1-3H3/b21-18-,23-20-,25-22-,31-29-,32-30-,35-34-,43-27-. The summed E-state index contributed by atoms with van der Waals surface area (Å²) in [6.45, 7) is 6.60. The lowest BCUT2D eigenvalue weighted by atomic mass is 10.0. The maximum Gasteiger partial charge on any atom is 0.306 e. The number of esters is 3. The molecule has 0 rings (SSSR count). The van der Waals surface area contributed by atoms with Crippen molar-refractivity contribution in [3.8, 4) is 0 Å². The Morgan fingerprint density at radius 2 is 0.462 bits per heavy atom. The Balaban J connectivity index is 4.32. The first-order valence-electron chi connectivity index (χ1n) is 33.6. The van der Waals surface area contributed by atoms with Crippen molar-refractivity contribution in [3.63, 3.8) is 0 Å². The van der Waals surface area contributed by atoms with Gasteiger partial charge in [-0.3, -0.25) is 14.4 Å². The fourth-order valence-corrected chi connectivity index (χ4v) is 9.51. The maximum absolute atomic E-state index is 12.9. The van der Waals surface area contributed by atoms with Crippen LogP contribution in [0.1, 0.15) is 335 Å². The van der Waals surface area contributed by atoms with E-state index in [9.17, 15) is 14.4 Å². The first-order valence-corrected chi connectivity index (χ1v) is 33.6. The van der Waals surface area contributed by atoms with Crippen LogP contribution < -0.4 is 0 Å². The predicted molar refractivity (Wildman–Crippen MR) is 339 cm³/mol. The number of allylic oxidation sites excluding steroid dienone is 14. The van der Waals surface area contributed by atoms with Crippen molar-refractivity contribution < 1.29 is 28.6 Å². The SMILES string of the molecule is CCCCC/C=C\C/C=C\CCCCCCCC(=O)OCC(COC(=O)CCCCCCCCCCCCCC/C=C\C/C=C\C/C=C\CCCCCCC)OC(=O)CCCCCCCCC/C=C\C/C=C\CCCCCC. The second-order valence-corrected chi connectivity index (χ2v) is 22.4. The smallest absolute Gasteiger partial charge is 0.306 e. The zero-order valence-corrected chi connectivity index (χ0v) is 51.7. The van der Waals surface area contributed by atoms with E-state index in [2.05, 4.69) is 106 Å². The van der Waals surface area contributed by atoms with Crippen molar-refractivity contribution in [1.29, 1.82) is 0 Å². The number of ether oxygens (including phenoxy) is 3. The van der Waals surface area contributed by atoms with Gasteiger partial charge in [0.2, 0.25) is 0 Å². The van der Waals surface area contributed by atoms with E-state index in [-0.39, 0.29) is 31.1 Å². The second-order valence-electron chi connectivity index (χ2n) is 22.4. The van der Waals surface area contributed by atoms with E-state index in [1.54, 1.807) is 0 Å². The third kappa shape index (κ3) is 63.4. The van der Waals surface area contributed by atoms with Crippen molar-refractivity contribution in [2.24, 2.45) is 0 Å². The van der Waals surface area contributed by atoms with E-state index in [0.29, 0.717) is 19.3 Å². The van der Waals surface area contributed by atoms with Crippen LogP contribution in [-0.4, -0.2) is 37.2 Å². The van der Waals surface area contributed by atoms with Gasteiger partial charge in [0.25, 0.3) is 0 Å². The Morgan fingerprint density at radius 3 is 0.756 bits per heavy atom. The summed E-state index contributed by atoms with van der Waals surface area (Å²) in [5, 5.41) is 0. The average molecular weight is 1090 g/mol. The van der Waals surface area contributed by atoms with Gasteiger partial charge in [0.1, 0.15) is 13.2 Å². The second kappa shape index (κ2) is 66.1. The highest BCUT2D eigenvalue weighted by Gasteiger charge is 2.19. The van der Waals surface area contributed by atoms with Crippen LogP contribution in [0.15, 0.2) is 85.1 Å². The molecule has 0 amide bonds. The molecule has 0 saturated heterocycles. The molecule has 78 heavy (non-hydrogen) atoms. The number of hydrogen-bond acceptors (Lipinski definition) is 6. The van der Waals surface area contributed by atoms with E-state index in [1.165, 1.54) is 193 Å². The van der Waals surface area contributed by atoms with Gasteiger partial charge in [-0.25, -0.2) is 0 Å². The summed E-state index contributed by atoms with van der Waals surface area (Å²) in [6, 6.07) is 0. The van der Waals surface area contributed by atoms with E-state index in [0.717, 1.165) is 103 Å². The molecule has 0 fully saturated rings. The molecule has 450 valence electrons. The lowest BCUT2D eigenvalue weighted by molar-refractivity contribution is -0.167. The zero-order valence-electron chi connectivity index (χ0n) is 51.7. The van der Waals surface area contributed by atoms with Gasteiger partial charge in [-0.1, -0.05) is 279 Å². The molecule has 0 aromatic carbocycles.